The van der Waals surface area contributed by atoms with Crippen LogP contribution in [-0.4, -0.2) is 72.2 Å². The van der Waals surface area contributed by atoms with E-state index in [1.165, 1.54) is 7.11 Å². The third kappa shape index (κ3) is 4.07. The number of hydrogen-bond donors (Lipinski definition) is 0. The number of fused-ring (bicyclic) bond motifs is 1. The van der Waals surface area contributed by atoms with Crippen LogP contribution in [0, 0.1) is 6.92 Å². The van der Waals surface area contributed by atoms with Gasteiger partial charge in [0.1, 0.15) is 5.69 Å². The van der Waals surface area contributed by atoms with Crippen molar-refractivity contribution in [3.8, 4) is 23.0 Å². The average Bonchev–Trinajstić information content (AvgIpc) is 3.57. The summed E-state index contributed by atoms with van der Waals surface area (Å²) in [5.74, 6) is 1.28. The number of aryl methyl sites for hydroxylation is 1. The van der Waals surface area contributed by atoms with Crippen LogP contribution in [0.5, 0.6) is 11.5 Å². The Labute approximate surface area is 201 Å². The quantitative estimate of drug-likeness (QED) is 0.431. The first-order chi connectivity index (χ1) is 17.0. The SMILES string of the molecule is COc1ccc(C(=O)N2CCN(C(=O)c3cc(-c4ccco4)nc4onc(C)c34)CC2)cc1OC. The normalized spacial score (nSPS) is 13.8. The van der Waals surface area contributed by atoms with Crippen molar-refractivity contribution in [2.24, 2.45) is 0 Å². The summed E-state index contributed by atoms with van der Waals surface area (Å²) in [4.78, 5) is 34.5. The van der Waals surface area contributed by atoms with Gasteiger partial charge in [-0.15, -0.1) is 0 Å². The number of piperazine rings is 1. The molecule has 4 heterocycles. The zero-order chi connectivity index (χ0) is 24.5. The Balaban J connectivity index is 1.35. The molecule has 0 aliphatic carbocycles. The number of ether oxygens (including phenoxy) is 2. The number of hydrogen-bond acceptors (Lipinski definition) is 8. The van der Waals surface area contributed by atoms with Gasteiger partial charge in [0, 0.05) is 31.7 Å². The Bertz CT molecular complexity index is 1390. The van der Waals surface area contributed by atoms with E-state index < -0.39 is 0 Å². The van der Waals surface area contributed by atoms with Gasteiger partial charge in [-0.3, -0.25) is 9.59 Å². The highest BCUT2D eigenvalue weighted by atomic mass is 16.5. The molecule has 0 spiro atoms. The maximum Gasteiger partial charge on any atom is 0.259 e. The fourth-order valence-corrected chi connectivity index (χ4v) is 4.25. The first-order valence-corrected chi connectivity index (χ1v) is 11.1. The second-order valence-corrected chi connectivity index (χ2v) is 8.13. The van der Waals surface area contributed by atoms with E-state index in [1.54, 1.807) is 66.5 Å². The first-order valence-electron chi connectivity index (χ1n) is 11.1. The molecule has 0 N–H and O–H groups in total. The van der Waals surface area contributed by atoms with Crippen LogP contribution < -0.4 is 9.47 Å². The molecule has 0 unspecified atom stereocenters. The summed E-state index contributed by atoms with van der Waals surface area (Å²) in [6.07, 6.45) is 1.54. The van der Waals surface area contributed by atoms with Gasteiger partial charge in [0.05, 0.1) is 37.1 Å². The molecule has 4 aromatic rings. The molecular weight excluding hydrogens is 452 g/mol. The molecule has 3 aromatic heterocycles. The van der Waals surface area contributed by atoms with Crippen LogP contribution in [-0.2, 0) is 0 Å². The number of methoxy groups -OCH3 is 2. The minimum absolute atomic E-state index is 0.126. The summed E-state index contributed by atoms with van der Waals surface area (Å²) in [6, 6.07) is 10.3. The number of rotatable bonds is 5. The zero-order valence-corrected chi connectivity index (χ0v) is 19.6. The van der Waals surface area contributed by atoms with Crippen molar-refractivity contribution in [1.29, 1.82) is 0 Å². The van der Waals surface area contributed by atoms with Gasteiger partial charge in [0.2, 0.25) is 0 Å². The van der Waals surface area contributed by atoms with Gasteiger partial charge in [-0.1, -0.05) is 5.16 Å². The summed E-state index contributed by atoms with van der Waals surface area (Å²) >= 11 is 0. The van der Waals surface area contributed by atoms with Crippen LogP contribution in [0.3, 0.4) is 0 Å². The maximum absolute atomic E-state index is 13.6. The van der Waals surface area contributed by atoms with E-state index in [4.69, 9.17) is 18.4 Å². The van der Waals surface area contributed by atoms with Crippen molar-refractivity contribution < 1.29 is 28.0 Å². The molecule has 2 amide bonds. The Morgan fingerprint density at radius 1 is 0.943 bits per heavy atom. The third-order valence-corrected chi connectivity index (χ3v) is 6.11. The molecule has 0 radical (unpaired) electrons. The zero-order valence-electron chi connectivity index (χ0n) is 19.6. The summed E-state index contributed by atoms with van der Waals surface area (Å²) in [6.45, 7) is 3.36. The summed E-state index contributed by atoms with van der Waals surface area (Å²) in [5.41, 5.74) is 2.30. The second-order valence-electron chi connectivity index (χ2n) is 8.13. The number of carbonyl (C=O) groups excluding carboxylic acids is 2. The number of benzene rings is 1. The number of furan rings is 1. The molecule has 1 aliphatic rings. The highest BCUT2D eigenvalue weighted by Crippen LogP contribution is 2.30. The van der Waals surface area contributed by atoms with E-state index in [1.807, 2.05) is 0 Å². The van der Waals surface area contributed by atoms with Crippen molar-refractivity contribution in [2.75, 3.05) is 40.4 Å². The van der Waals surface area contributed by atoms with E-state index in [-0.39, 0.29) is 17.5 Å². The molecule has 35 heavy (non-hydrogen) atoms. The molecule has 10 heteroatoms. The van der Waals surface area contributed by atoms with Crippen LogP contribution in [0.1, 0.15) is 26.4 Å². The van der Waals surface area contributed by atoms with Crippen LogP contribution in [0.25, 0.3) is 22.6 Å². The molecular formula is C25H24N4O6. The van der Waals surface area contributed by atoms with Crippen LogP contribution >= 0.6 is 0 Å². The van der Waals surface area contributed by atoms with Gasteiger partial charge in [-0.2, -0.15) is 0 Å². The van der Waals surface area contributed by atoms with E-state index in [9.17, 15) is 9.59 Å². The van der Waals surface area contributed by atoms with Gasteiger partial charge >= 0.3 is 0 Å². The number of pyridine rings is 1. The van der Waals surface area contributed by atoms with E-state index in [2.05, 4.69) is 10.1 Å². The Hall–Kier alpha value is -4.34. The summed E-state index contributed by atoms with van der Waals surface area (Å²) in [5, 5.41) is 4.57. The van der Waals surface area contributed by atoms with Crippen LogP contribution in [0.15, 0.2) is 51.6 Å². The predicted molar refractivity (Wildman–Crippen MR) is 126 cm³/mol. The highest BCUT2D eigenvalue weighted by Gasteiger charge is 2.29. The lowest BCUT2D eigenvalue weighted by molar-refractivity contribution is 0.0536. The second kappa shape index (κ2) is 9.13. The molecule has 1 aromatic carbocycles. The Kier molecular flexibility index (Phi) is 5.86. The Morgan fingerprint density at radius 2 is 1.66 bits per heavy atom. The molecule has 0 atom stereocenters. The molecule has 1 fully saturated rings. The first kappa shape index (κ1) is 22.5. The summed E-state index contributed by atoms with van der Waals surface area (Å²) in [7, 11) is 3.08. The molecule has 180 valence electrons. The lowest BCUT2D eigenvalue weighted by atomic mass is 10.1. The topological polar surface area (TPSA) is 111 Å². The monoisotopic (exact) mass is 476 g/mol. The fraction of sp³-hybridized carbons (Fsp3) is 0.280. The van der Waals surface area contributed by atoms with E-state index >= 15 is 0 Å². The van der Waals surface area contributed by atoms with E-state index in [0.717, 1.165) is 0 Å². The van der Waals surface area contributed by atoms with E-state index in [0.29, 0.717) is 71.3 Å². The van der Waals surface area contributed by atoms with Crippen molar-refractivity contribution in [2.45, 2.75) is 6.92 Å². The fourth-order valence-electron chi connectivity index (χ4n) is 4.25. The smallest absolute Gasteiger partial charge is 0.259 e. The third-order valence-electron chi connectivity index (χ3n) is 6.11. The van der Waals surface area contributed by atoms with Crippen LogP contribution in [0.2, 0.25) is 0 Å². The van der Waals surface area contributed by atoms with Gasteiger partial charge in [0.25, 0.3) is 17.5 Å². The van der Waals surface area contributed by atoms with Gasteiger partial charge < -0.3 is 28.2 Å². The summed E-state index contributed by atoms with van der Waals surface area (Å²) < 4.78 is 21.4. The largest absolute Gasteiger partial charge is 0.493 e. The molecule has 1 saturated heterocycles. The van der Waals surface area contributed by atoms with Gasteiger partial charge in [0.15, 0.2) is 17.3 Å². The molecule has 1 aliphatic heterocycles. The minimum atomic E-state index is -0.172. The van der Waals surface area contributed by atoms with Crippen molar-refractivity contribution >= 4 is 22.9 Å². The maximum atomic E-state index is 13.6. The standard InChI is InChI=1S/C25H24N4O6/c1-15-22-17(14-18(19-5-4-12-34-19)26-23(22)35-27-15)25(31)29-10-8-28(9-11-29)24(30)16-6-7-20(32-2)21(13-16)33-3/h4-7,12-14H,8-11H2,1-3H3. The van der Waals surface area contributed by atoms with Crippen molar-refractivity contribution in [3.05, 3.63) is 59.5 Å². The Morgan fingerprint density at radius 3 is 2.31 bits per heavy atom. The van der Waals surface area contributed by atoms with Gasteiger partial charge in [-0.05, 0) is 43.3 Å². The minimum Gasteiger partial charge on any atom is -0.493 e. The lowest BCUT2D eigenvalue weighted by Gasteiger charge is -2.35. The van der Waals surface area contributed by atoms with Gasteiger partial charge in [-0.25, -0.2) is 4.98 Å². The molecule has 0 bridgehead atoms. The van der Waals surface area contributed by atoms with Crippen molar-refractivity contribution in [3.63, 3.8) is 0 Å². The predicted octanol–water partition coefficient (Wildman–Crippen LogP) is 3.41. The number of aromatic nitrogens is 2. The van der Waals surface area contributed by atoms with Crippen molar-refractivity contribution in [1.82, 2.24) is 19.9 Å². The molecule has 5 rings (SSSR count). The number of carbonyl (C=O) groups is 2. The number of nitrogens with zero attached hydrogens (tertiary/aromatic N) is 4. The highest BCUT2D eigenvalue weighted by molar-refractivity contribution is 6.07. The molecule has 0 saturated carbocycles. The lowest BCUT2D eigenvalue weighted by Crippen LogP contribution is -2.50. The van der Waals surface area contributed by atoms with Crippen LogP contribution in [0.4, 0.5) is 0 Å². The average molecular weight is 476 g/mol. The number of amides is 2. The molecule has 10 nitrogen and oxygen atoms in total.